The van der Waals surface area contributed by atoms with E-state index in [4.69, 9.17) is 5.73 Å². The Hall–Kier alpha value is 0.461. The Bertz CT molecular complexity index is 334. The summed E-state index contributed by atoms with van der Waals surface area (Å²) in [6.07, 6.45) is 5.65. The molecule has 1 amide bonds. The van der Waals surface area contributed by atoms with Gasteiger partial charge in [0.15, 0.2) is 0 Å². The first-order chi connectivity index (χ1) is 8.81. The van der Waals surface area contributed by atoms with E-state index in [2.05, 4.69) is 46.9 Å². The molecule has 0 aromatic rings. The van der Waals surface area contributed by atoms with Crippen LogP contribution in [-0.2, 0) is 26.5 Å². The van der Waals surface area contributed by atoms with Gasteiger partial charge < -0.3 is 35.3 Å². The monoisotopic (exact) mass is 398 g/mol. The molecule has 0 bridgehead atoms. The fraction of sp³-hybridized carbons (Fsp3) is 0.688. The minimum atomic E-state index is -0.443. The molecule has 0 aromatic carbocycles. The van der Waals surface area contributed by atoms with E-state index in [9.17, 15) is 4.79 Å². The van der Waals surface area contributed by atoms with Crippen LogP contribution in [-0.4, -0.2) is 15.4 Å². The van der Waals surface area contributed by atoms with Gasteiger partial charge in [-0.05, 0) is 12.8 Å². The second-order valence-corrected chi connectivity index (χ2v) is 6.06. The average molecular weight is 399 g/mol. The van der Waals surface area contributed by atoms with E-state index in [0.717, 1.165) is 22.4 Å². The van der Waals surface area contributed by atoms with Gasteiger partial charge in [0, 0.05) is 15.4 Å². The van der Waals surface area contributed by atoms with Gasteiger partial charge in [-0.25, -0.2) is 5.57 Å². The third-order valence-corrected chi connectivity index (χ3v) is 2.99. The number of allylic oxidation sites excluding steroid dienone is 4. The van der Waals surface area contributed by atoms with Crippen LogP contribution in [0.1, 0.15) is 53.9 Å². The minimum Gasteiger partial charge on any atom is -1.00 e. The second kappa shape index (κ2) is 21.5. The van der Waals surface area contributed by atoms with Crippen molar-refractivity contribution in [3.63, 3.8) is 0 Å². The molecule has 0 saturated heterocycles. The number of hydrogen-bond donors (Lipinski definition) is 0. The Labute approximate surface area is 167 Å². The van der Waals surface area contributed by atoms with Crippen LogP contribution in [0.3, 0.4) is 0 Å². The molecule has 1 N–H and O–H groups in total. The zero-order valence-corrected chi connectivity index (χ0v) is 19.2. The first kappa shape index (κ1) is 33.9. The maximum Gasteiger partial charge on any atom is 4.00 e. The Balaban J connectivity index is -0.0000000679. The van der Waals surface area contributed by atoms with Gasteiger partial charge in [-0.1, -0.05) is 53.1 Å². The summed E-state index contributed by atoms with van der Waals surface area (Å²) in [4.78, 5) is 9.87. The SMILES string of the molecule is CC1=[C-]C(C)C(C)=C1C.CCCCC([NH-])=O.C[SiH]C.[Cl-].[Cl-].[Ti+4]. The number of rotatable bonds is 3. The first-order valence-electron chi connectivity index (χ1n) is 7.07. The third kappa shape index (κ3) is 18.5. The van der Waals surface area contributed by atoms with Crippen molar-refractivity contribution < 1.29 is 51.3 Å². The standard InChI is InChI=1S/C9H13.C5H11NO.C2H7Si.2ClH.Ti/c1-6-5-7(2)9(4)8(6)3;1-2-3-4-5(6)7;1-3-2;;;/h6H,1-4H3;2-4H2,1H3,(H2,6,7);3H,1-2H3;2*1H;/q-1;;;;;+4/p-3. The molecule has 0 heterocycles. The molecule has 22 heavy (non-hydrogen) atoms. The van der Waals surface area contributed by atoms with Crippen molar-refractivity contribution >= 4 is 15.4 Å². The molecular weight excluding hydrogens is 369 g/mol. The van der Waals surface area contributed by atoms with Crippen LogP contribution < -0.4 is 24.8 Å². The van der Waals surface area contributed by atoms with Gasteiger partial charge in [-0.15, -0.1) is 6.92 Å². The van der Waals surface area contributed by atoms with Crippen LogP contribution >= 0.6 is 0 Å². The quantitative estimate of drug-likeness (QED) is 0.444. The summed E-state index contributed by atoms with van der Waals surface area (Å²) in [5, 5.41) is 0. The summed E-state index contributed by atoms with van der Waals surface area (Å²) in [6, 6.07) is 0. The summed E-state index contributed by atoms with van der Waals surface area (Å²) in [5.74, 6) is 0.117. The molecule has 0 aromatic heterocycles. The Morgan fingerprint density at radius 3 is 1.73 bits per heavy atom. The van der Waals surface area contributed by atoms with E-state index < -0.39 is 5.91 Å². The molecule has 1 rings (SSSR count). The van der Waals surface area contributed by atoms with Crippen molar-refractivity contribution in [2.24, 2.45) is 5.92 Å². The van der Waals surface area contributed by atoms with Gasteiger partial charge >= 0.3 is 21.7 Å². The molecule has 0 fully saturated rings. The molecule has 1 aliphatic carbocycles. The summed E-state index contributed by atoms with van der Waals surface area (Å²) in [7, 11) is 0.750. The van der Waals surface area contributed by atoms with Gasteiger partial charge in [0.25, 0.3) is 0 Å². The van der Waals surface area contributed by atoms with E-state index in [1.165, 1.54) is 16.7 Å². The van der Waals surface area contributed by atoms with Crippen LogP contribution in [0.15, 0.2) is 16.7 Å². The maximum absolute atomic E-state index is 9.87. The summed E-state index contributed by atoms with van der Waals surface area (Å²) >= 11 is 0. The van der Waals surface area contributed by atoms with Gasteiger partial charge in [0.1, 0.15) is 0 Å². The minimum absolute atomic E-state index is 0. The Kier molecular flexibility index (Phi) is 33.1. The van der Waals surface area contributed by atoms with Crippen LogP contribution in [0.2, 0.25) is 13.1 Å². The number of nitrogens with one attached hydrogen (secondary N) is 1. The fourth-order valence-electron chi connectivity index (χ4n) is 1.50. The van der Waals surface area contributed by atoms with Crippen molar-refractivity contribution in [3.8, 4) is 0 Å². The third-order valence-electron chi connectivity index (χ3n) is 2.99. The number of amides is 1. The van der Waals surface area contributed by atoms with Crippen LogP contribution in [0.5, 0.6) is 0 Å². The predicted octanol–water partition coefficient (Wildman–Crippen LogP) is -0.998. The predicted molar refractivity (Wildman–Crippen MR) is 87.7 cm³/mol. The van der Waals surface area contributed by atoms with Gasteiger partial charge in [-0.2, -0.15) is 11.1 Å². The topological polar surface area (TPSA) is 40.9 Å². The number of halogens is 2. The van der Waals surface area contributed by atoms with Crippen LogP contribution in [0, 0.1) is 12.0 Å². The van der Waals surface area contributed by atoms with Gasteiger partial charge in [0.05, 0.1) is 0 Å². The molecule has 0 spiro atoms. The van der Waals surface area contributed by atoms with Crippen molar-refractivity contribution in [2.45, 2.75) is 67.0 Å². The molecular formula is C16H30Cl2NOSiTi. The van der Waals surface area contributed by atoms with Crippen molar-refractivity contribution in [1.29, 1.82) is 0 Å². The van der Waals surface area contributed by atoms with Crippen LogP contribution in [0.25, 0.3) is 5.73 Å². The average Bonchev–Trinajstić information content (AvgIpc) is 2.55. The molecule has 2 nitrogen and oxygen atoms in total. The molecule has 1 atom stereocenters. The molecule has 1 unspecified atom stereocenters. The molecule has 127 valence electrons. The Morgan fingerprint density at radius 2 is 1.64 bits per heavy atom. The van der Waals surface area contributed by atoms with Crippen LogP contribution in [0.4, 0.5) is 0 Å². The van der Waals surface area contributed by atoms with E-state index in [1.54, 1.807) is 0 Å². The Morgan fingerprint density at radius 1 is 1.23 bits per heavy atom. The number of carbonyl (C=O) groups excluding carboxylic acids is 1. The largest absolute Gasteiger partial charge is 4.00 e. The van der Waals surface area contributed by atoms with Crippen molar-refractivity contribution in [3.05, 3.63) is 28.5 Å². The zero-order valence-electron chi connectivity index (χ0n) is 14.9. The van der Waals surface area contributed by atoms with E-state index >= 15 is 0 Å². The van der Waals surface area contributed by atoms with Gasteiger partial charge in [-0.3, -0.25) is 6.08 Å². The normalized spacial score (nSPS) is 14.7. The molecule has 1 aliphatic rings. The molecule has 6 heteroatoms. The van der Waals surface area contributed by atoms with E-state index in [0.29, 0.717) is 12.3 Å². The van der Waals surface area contributed by atoms with E-state index in [-0.39, 0.29) is 46.5 Å². The maximum atomic E-state index is 9.87. The zero-order chi connectivity index (χ0) is 15.4. The molecule has 0 saturated carbocycles. The van der Waals surface area contributed by atoms with Crippen molar-refractivity contribution in [2.75, 3.05) is 0 Å². The van der Waals surface area contributed by atoms with Gasteiger partial charge in [0.2, 0.25) is 0 Å². The summed E-state index contributed by atoms with van der Waals surface area (Å²) < 4.78 is 0. The molecule has 0 aliphatic heterocycles. The van der Waals surface area contributed by atoms with E-state index in [1.807, 2.05) is 6.92 Å². The smallest absolute Gasteiger partial charge is 1.00 e. The van der Waals surface area contributed by atoms with Crippen molar-refractivity contribution in [1.82, 2.24) is 0 Å². The number of carbonyl (C=O) groups is 1. The first-order valence-corrected chi connectivity index (χ1v) is 9.38. The summed E-state index contributed by atoms with van der Waals surface area (Å²) in [6.45, 7) is 15.1. The number of unbranched alkanes of at least 4 members (excludes halogenated alkanes) is 1. The molecule has 1 radical (unpaired) electrons. The number of hydrogen-bond acceptors (Lipinski definition) is 1. The summed E-state index contributed by atoms with van der Waals surface area (Å²) in [5.41, 5.74) is 10.7. The fourth-order valence-corrected chi connectivity index (χ4v) is 1.50. The second-order valence-electron chi connectivity index (χ2n) is 4.90.